The van der Waals surface area contributed by atoms with Crippen molar-refractivity contribution in [1.82, 2.24) is 4.98 Å². The molecule has 28 heavy (non-hydrogen) atoms. The molecule has 0 unspecified atom stereocenters. The van der Waals surface area contributed by atoms with Crippen LogP contribution in [-0.2, 0) is 0 Å². The Labute approximate surface area is 169 Å². The number of rotatable bonds is 6. The van der Waals surface area contributed by atoms with E-state index >= 15 is 0 Å². The first-order valence-corrected chi connectivity index (χ1v) is 10.1. The first-order chi connectivity index (χ1) is 13.4. The molecule has 3 aromatic rings. The number of thiazole rings is 1. The Bertz CT molecular complexity index is 1010. The maximum absolute atomic E-state index is 12.6. The van der Waals surface area contributed by atoms with Gasteiger partial charge in [-0.3, -0.25) is 10.1 Å². The Balaban J connectivity index is 1.78. The van der Waals surface area contributed by atoms with Gasteiger partial charge >= 0.3 is 0 Å². The number of benzene rings is 2. The van der Waals surface area contributed by atoms with Crippen molar-refractivity contribution in [3.63, 3.8) is 0 Å². The Morgan fingerprint density at radius 3 is 2.61 bits per heavy atom. The Hall–Kier alpha value is -2.86. The van der Waals surface area contributed by atoms with E-state index in [1.165, 1.54) is 22.5 Å². The highest BCUT2D eigenvalue weighted by Gasteiger charge is 2.15. The maximum atomic E-state index is 12.6. The van der Waals surface area contributed by atoms with Crippen molar-refractivity contribution in [3.8, 4) is 17.0 Å². The van der Waals surface area contributed by atoms with Crippen LogP contribution in [0.5, 0.6) is 5.75 Å². The van der Waals surface area contributed by atoms with Gasteiger partial charge in [-0.25, -0.2) is 4.98 Å². The van der Waals surface area contributed by atoms with Crippen molar-refractivity contribution in [2.45, 2.75) is 34.1 Å². The molecule has 2 aromatic carbocycles. The first-order valence-electron chi connectivity index (χ1n) is 9.27. The lowest BCUT2D eigenvalue weighted by Crippen LogP contribution is -2.12. The number of nitrogens with one attached hydrogen (secondary N) is 1. The molecule has 0 atom stereocenters. The summed E-state index contributed by atoms with van der Waals surface area (Å²) >= 11 is 1.46. The number of aromatic nitrogens is 1. The highest BCUT2D eigenvalue weighted by molar-refractivity contribution is 7.16. The second-order valence-corrected chi connectivity index (χ2v) is 7.98. The molecule has 0 fully saturated rings. The van der Waals surface area contributed by atoms with Crippen LogP contribution in [0.4, 0.5) is 10.8 Å². The van der Waals surface area contributed by atoms with Crippen LogP contribution in [-0.4, -0.2) is 17.5 Å². The zero-order valence-electron chi connectivity index (χ0n) is 16.6. The SMILES string of the molecule is CCCOc1ccc(C(=O)Nc2nc(-c3ccc(C)c(C)c3)c(C)s2)cc1N. The number of anilines is 2. The fourth-order valence-electron chi connectivity index (χ4n) is 2.81. The minimum atomic E-state index is -0.242. The average molecular weight is 396 g/mol. The zero-order valence-corrected chi connectivity index (χ0v) is 17.4. The van der Waals surface area contributed by atoms with E-state index in [1.807, 2.05) is 13.8 Å². The summed E-state index contributed by atoms with van der Waals surface area (Å²) in [4.78, 5) is 18.3. The fraction of sp³-hybridized carbons (Fsp3) is 0.273. The summed E-state index contributed by atoms with van der Waals surface area (Å²) in [7, 11) is 0. The van der Waals surface area contributed by atoms with E-state index in [9.17, 15) is 4.79 Å². The van der Waals surface area contributed by atoms with Crippen LogP contribution in [0.1, 0.15) is 39.7 Å². The number of hydrogen-bond donors (Lipinski definition) is 2. The van der Waals surface area contributed by atoms with Gasteiger partial charge in [-0.15, -0.1) is 11.3 Å². The monoisotopic (exact) mass is 395 g/mol. The van der Waals surface area contributed by atoms with Crippen LogP contribution in [0.25, 0.3) is 11.3 Å². The summed E-state index contributed by atoms with van der Waals surface area (Å²) in [5.41, 5.74) is 11.3. The molecule has 0 radical (unpaired) electrons. The van der Waals surface area contributed by atoms with E-state index in [0.29, 0.717) is 28.7 Å². The molecule has 6 heteroatoms. The van der Waals surface area contributed by atoms with Gasteiger partial charge in [0, 0.05) is 16.0 Å². The minimum absolute atomic E-state index is 0.242. The molecule has 1 heterocycles. The molecule has 0 spiro atoms. The molecule has 0 saturated carbocycles. The molecule has 0 aliphatic carbocycles. The van der Waals surface area contributed by atoms with Gasteiger partial charge in [0.15, 0.2) is 5.13 Å². The summed E-state index contributed by atoms with van der Waals surface area (Å²) in [5.74, 6) is 0.356. The summed E-state index contributed by atoms with van der Waals surface area (Å²) in [6.07, 6.45) is 0.897. The molecule has 0 bridgehead atoms. The van der Waals surface area contributed by atoms with E-state index < -0.39 is 0 Å². The van der Waals surface area contributed by atoms with Crippen molar-refractivity contribution >= 4 is 28.1 Å². The molecule has 3 rings (SSSR count). The van der Waals surface area contributed by atoms with Crippen molar-refractivity contribution < 1.29 is 9.53 Å². The maximum Gasteiger partial charge on any atom is 0.257 e. The van der Waals surface area contributed by atoms with Crippen LogP contribution in [0.15, 0.2) is 36.4 Å². The van der Waals surface area contributed by atoms with Gasteiger partial charge in [-0.2, -0.15) is 0 Å². The third kappa shape index (κ3) is 4.34. The lowest BCUT2D eigenvalue weighted by Gasteiger charge is -2.09. The molecule has 0 saturated heterocycles. The Morgan fingerprint density at radius 1 is 1.14 bits per heavy atom. The predicted octanol–water partition coefficient (Wildman–Crippen LogP) is 5.36. The lowest BCUT2D eigenvalue weighted by molar-refractivity contribution is 0.102. The molecule has 0 aliphatic rings. The molecule has 146 valence electrons. The van der Waals surface area contributed by atoms with Crippen LogP contribution in [0.2, 0.25) is 0 Å². The summed E-state index contributed by atoms with van der Waals surface area (Å²) in [6, 6.07) is 11.3. The second kappa shape index (κ2) is 8.44. The molecule has 3 N–H and O–H groups in total. The number of carbonyl (C=O) groups is 1. The molecule has 0 aliphatic heterocycles. The quantitative estimate of drug-likeness (QED) is 0.551. The minimum Gasteiger partial charge on any atom is -0.491 e. The van der Waals surface area contributed by atoms with Crippen LogP contribution < -0.4 is 15.8 Å². The van der Waals surface area contributed by atoms with Gasteiger partial charge in [-0.05, 0) is 62.6 Å². The van der Waals surface area contributed by atoms with Gasteiger partial charge in [0.2, 0.25) is 0 Å². The number of nitrogens with two attached hydrogens (primary N) is 1. The van der Waals surface area contributed by atoms with Crippen LogP contribution >= 0.6 is 11.3 Å². The van der Waals surface area contributed by atoms with Crippen molar-refractivity contribution in [1.29, 1.82) is 0 Å². The van der Waals surface area contributed by atoms with Crippen molar-refractivity contribution in [3.05, 3.63) is 58.0 Å². The van der Waals surface area contributed by atoms with E-state index in [1.54, 1.807) is 18.2 Å². The molecular weight excluding hydrogens is 370 g/mol. The Morgan fingerprint density at radius 2 is 1.93 bits per heavy atom. The third-order valence-electron chi connectivity index (χ3n) is 4.53. The number of aryl methyl sites for hydroxylation is 3. The number of amides is 1. The number of hydrogen-bond acceptors (Lipinski definition) is 5. The van der Waals surface area contributed by atoms with Gasteiger partial charge < -0.3 is 10.5 Å². The smallest absolute Gasteiger partial charge is 0.257 e. The average Bonchev–Trinajstić information content (AvgIpc) is 3.03. The molecular formula is C22H25N3O2S. The first kappa shape index (κ1) is 19.9. The summed E-state index contributed by atoms with van der Waals surface area (Å²) < 4.78 is 5.56. The van der Waals surface area contributed by atoms with Gasteiger partial charge in [0.05, 0.1) is 18.0 Å². The largest absolute Gasteiger partial charge is 0.491 e. The predicted molar refractivity (Wildman–Crippen MR) is 116 cm³/mol. The number of nitrogens with zero attached hydrogens (tertiary/aromatic N) is 1. The van der Waals surface area contributed by atoms with E-state index in [2.05, 4.69) is 42.3 Å². The summed E-state index contributed by atoms with van der Waals surface area (Å²) in [5, 5.41) is 3.45. The third-order valence-corrected chi connectivity index (χ3v) is 5.42. The summed E-state index contributed by atoms with van der Waals surface area (Å²) in [6.45, 7) is 8.80. The van der Waals surface area contributed by atoms with Crippen molar-refractivity contribution in [2.75, 3.05) is 17.7 Å². The number of carbonyl (C=O) groups excluding carboxylic acids is 1. The van der Waals surface area contributed by atoms with Crippen molar-refractivity contribution in [2.24, 2.45) is 0 Å². The fourth-order valence-corrected chi connectivity index (χ4v) is 3.64. The van der Waals surface area contributed by atoms with E-state index in [-0.39, 0.29) is 5.91 Å². The van der Waals surface area contributed by atoms with Gasteiger partial charge in [-0.1, -0.05) is 19.1 Å². The molecule has 1 amide bonds. The molecule has 1 aromatic heterocycles. The van der Waals surface area contributed by atoms with E-state index in [4.69, 9.17) is 10.5 Å². The number of ether oxygens (including phenoxy) is 1. The topological polar surface area (TPSA) is 77.2 Å². The van der Waals surface area contributed by atoms with Crippen LogP contribution in [0, 0.1) is 20.8 Å². The lowest BCUT2D eigenvalue weighted by atomic mass is 10.0. The second-order valence-electron chi connectivity index (χ2n) is 6.78. The number of nitrogen functional groups attached to an aromatic ring is 1. The van der Waals surface area contributed by atoms with E-state index in [0.717, 1.165) is 22.6 Å². The van der Waals surface area contributed by atoms with Gasteiger partial charge in [0.25, 0.3) is 5.91 Å². The zero-order chi connectivity index (χ0) is 20.3. The van der Waals surface area contributed by atoms with Crippen LogP contribution in [0.3, 0.4) is 0 Å². The highest BCUT2D eigenvalue weighted by atomic mass is 32.1. The molecule has 5 nitrogen and oxygen atoms in total. The highest BCUT2D eigenvalue weighted by Crippen LogP contribution is 2.32. The van der Waals surface area contributed by atoms with Gasteiger partial charge in [0.1, 0.15) is 5.75 Å². The Kier molecular flexibility index (Phi) is 5.99. The normalized spacial score (nSPS) is 10.7. The standard InChI is InChI=1S/C22H25N3O2S/c1-5-10-27-19-9-8-17(12-18(19)23)21(26)25-22-24-20(15(4)28-22)16-7-6-13(2)14(3)11-16/h6-9,11-12H,5,10,23H2,1-4H3,(H,24,25,26).